The number of benzene rings is 1. The zero-order chi connectivity index (χ0) is 17.2. The number of aliphatic imine (C=N–C) groups is 1. The minimum atomic E-state index is 0.609. The van der Waals surface area contributed by atoms with Crippen LogP contribution in [-0.4, -0.2) is 47.0 Å². The van der Waals surface area contributed by atoms with Crippen LogP contribution in [0.4, 0.5) is 0 Å². The lowest BCUT2D eigenvalue weighted by Gasteiger charge is -2.15. The molecule has 0 amide bonds. The van der Waals surface area contributed by atoms with Crippen molar-refractivity contribution in [2.24, 2.45) is 10.9 Å². The van der Waals surface area contributed by atoms with Crippen LogP contribution in [0.1, 0.15) is 24.8 Å². The number of ether oxygens (including phenoxy) is 3. The molecule has 1 aliphatic carbocycles. The van der Waals surface area contributed by atoms with Crippen LogP contribution in [-0.2, 0) is 11.3 Å². The van der Waals surface area contributed by atoms with Crippen LogP contribution in [0.3, 0.4) is 0 Å². The van der Waals surface area contributed by atoms with E-state index in [0.29, 0.717) is 6.54 Å². The maximum absolute atomic E-state index is 5.63. The molecule has 2 N–H and O–H groups in total. The SMILES string of the molecule is CN=C(NCCCOCC1CC1)NCc1cccc(OC)c1OC. The molecule has 1 saturated carbocycles. The lowest BCUT2D eigenvalue weighted by atomic mass is 10.2. The van der Waals surface area contributed by atoms with Crippen LogP contribution in [0.15, 0.2) is 23.2 Å². The van der Waals surface area contributed by atoms with E-state index in [2.05, 4.69) is 15.6 Å². The lowest BCUT2D eigenvalue weighted by Crippen LogP contribution is -2.37. The molecule has 0 spiro atoms. The molecule has 0 heterocycles. The Balaban J connectivity index is 1.70. The molecule has 24 heavy (non-hydrogen) atoms. The molecule has 0 aliphatic heterocycles. The average Bonchev–Trinajstić information content (AvgIpc) is 3.44. The van der Waals surface area contributed by atoms with Gasteiger partial charge in [0.05, 0.1) is 14.2 Å². The van der Waals surface area contributed by atoms with E-state index in [1.54, 1.807) is 21.3 Å². The molecule has 6 heteroatoms. The van der Waals surface area contributed by atoms with Crippen molar-refractivity contribution in [3.63, 3.8) is 0 Å². The van der Waals surface area contributed by atoms with Crippen LogP contribution in [0.5, 0.6) is 11.5 Å². The second-order valence-corrected chi connectivity index (χ2v) is 5.88. The van der Waals surface area contributed by atoms with Crippen molar-refractivity contribution >= 4 is 5.96 Å². The van der Waals surface area contributed by atoms with Gasteiger partial charge in [0.1, 0.15) is 0 Å². The van der Waals surface area contributed by atoms with E-state index in [1.165, 1.54) is 12.8 Å². The van der Waals surface area contributed by atoms with Crippen LogP contribution >= 0.6 is 0 Å². The van der Waals surface area contributed by atoms with Gasteiger partial charge in [-0.1, -0.05) is 12.1 Å². The number of rotatable bonds is 10. The highest BCUT2D eigenvalue weighted by Crippen LogP contribution is 2.30. The van der Waals surface area contributed by atoms with Gasteiger partial charge in [0.2, 0.25) is 0 Å². The summed E-state index contributed by atoms with van der Waals surface area (Å²) in [6.07, 6.45) is 3.64. The molecule has 1 fully saturated rings. The first-order chi connectivity index (χ1) is 11.8. The molecule has 6 nitrogen and oxygen atoms in total. The summed E-state index contributed by atoms with van der Waals surface area (Å²) in [6, 6.07) is 5.84. The van der Waals surface area contributed by atoms with Crippen molar-refractivity contribution < 1.29 is 14.2 Å². The predicted octanol–water partition coefficient (Wildman–Crippen LogP) is 2.19. The number of hydrogen-bond donors (Lipinski definition) is 2. The van der Waals surface area contributed by atoms with Crippen LogP contribution < -0.4 is 20.1 Å². The van der Waals surface area contributed by atoms with Gasteiger partial charge in [-0.2, -0.15) is 0 Å². The quantitative estimate of drug-likeness (QED) is 0.390. The predicted molar refractivity (Wildman–Crippen MR) is 95.9 cm³/mol. The van der Waals surface area contributed by atoms with E-state index in [4.69, 9.17) is 14.2 Å². The lowest BCUT2D eigenvalue weighted by molar-refractivity contribution is 0.123. The van der Waals surface area contributed by atoms with Crippen molar-refractivity contribution in [2.45, 2.75) is 25.8 Å². The van der Waals surface area contributed by atoms with Crippen molar-refractivity contribution in [3.05, 3.63) is 23.8 Å². The van der Waals surface area contributed by atoms with Crippen molar-refractivity contribution in [1.29, 1.82) is 0 Å². The Bertz CT molecular complexity index is 530. The van der Waals surface area contributed by atoms with Gasteiger partial charge >= 0.3 is 0 Å². The fraction of sp³-hybridized carbons (Fsp3) is 0.611. The van der Waals surface area contributed by atoms with Crippen LogP contribution in [0.25, 0.3) is 0 Å². The highest BCUT2D eigenvalue weighted by molar-refractivity contribution is 5.79. The Hall–Kier alpha value is -1.95. The fourth-order valence-corrected chi connectivity index (χ4v) is 2.41. The Labute approximate surface area is 144 Å². The molecular weight excluding hydrogens is 306 g/mol. The summed E-state index contributed by atoms with van der Waals surface area (Å²) in [5, 5.41) is 6.59. The van der Waals surface area contributed by atoms with Gasteiger partial charge in [0.15, 0.2) is 17.5 Å². The number of methoxy groups -OCH3 is 2. The standard InChI is InChI=1S/C18H29N3O3/c1-19-18(20-10-5-11-24-13-14-8-9-14)21-12-15-6-4-7-16(22-2)17(15)23-3/h4,6-7,14H,5,8-13H2,1-3H3,(H2,19,20,21). The molecule has 0 saturated heterocycles. The highest BCUT2D eigenvalue weighted by Gasteiger charge is 2.20. The van der Waals surface area contributed by atoms with E-state index < -0.39 is 0 Å². The molecule has 0 atom stereocenters. The summed E-state index contributed by atoms with van der Waals surface area (Å²) in [5.74, 6) is 3.07. The fourth-order valence-electron chi connectivity index (χ4n) is 2.41. The zero-order valence-corrected chi connectivity index (χ0v) is 14.9. The molecule has 0 radical (unpaired) electrons. The second-order valence-electron chi connectivity index (χ2n) is 5.88. The minimum absolute atomic E-state index is 0.609. The molecule has 2 rings (SSSR count). The normalized spacial score (nSPS) is 14.4. The third kappa shape index (κ3) is 5.92. The van der Waals surface area contributed by atoms with Gasteiger partial charge in [-0.25, -0.2) is 0 Å². The van der Waals surface area contributed by atoms with Gasteiger partial charge in [-0.3, -0.25) is 4.99 Å². The highest BCUT2D eigenvalue weighted by atomic mass is 16.5. The third-order valence-corrected chi connectivity index (χ3v) is 3.96. The van der Waals surface area contributed by atoms with E-state index in [0.717, 1.165) is 55.1 Å². The Kier molecular flexibility index (Phi) is 7.68. The minimum Gasteiger partial charge on any atom is -0.493 e. The maximum atomic E-state index is 5.63. The number of guanidine groups is 1. The first-order valence-corrected chi connectivity index (χ1v) is 8.50. The van der Waals surface area contributed by atoms with E-state index in [-0.39, 0.29) is 0 Å². The van der Waals surface area contributed by atoms with E-state index in [9.17, 15) is 0 Å². The summed E-state index contributed by atoms with van der Waals surface area (Å²) in [7, 11) is 5.05. The molecule has 1 aromatic carbocycles. The monoisotopic (exact) mass is 335 g/mol. The summed E-state index contributed by atoms with van der Waals surface area (Å²) >= 11 is 0. The number of para-hydroxylation sites is 1. The summed E-state index contributed by atoms with van der Waals surface area (Å²) in [4.78, 5) is 4.24. The smallest absolute Gasteiger partial charge is 0.191 e. The molecule has 134 valence electrons. The van der Waals surface area contributed by atoms with Gasteiger partial charge < -0.3 is 24.8 Å². The zero-order valence-electron chi connectivity index (χ0n) is 14.9. The molecule has 0 aromatic heterocycles. The largest absolute Gasteiger partial charge is 0.493 e. The average molecular weight is 335 g/mol. The Morgan fingerprint density at radius 3 is 2.71 bits per heavy atom. The van der Waals surface area contributed by atoms with Crippen molar-refractivity contribution in [2.75, 3.05) is 41.0 Å². The summed E-state index contributed by atoms with van der Waals surface area (Å²) in [6.45, 7) is 3.16. The molecule has 0 unspecified atom stereocenters. The van der Waals surface area contributed by atoms with Crippen molar-refractivity contribution in [3.8, 4) is 11.5 Å². The van der Waals surface area contributed by atoms with Gasteiger partial charge in [-0.05, 0) is 31.2 Å². The van der Waals surface area contributed by atoms with Crippen molar-refractivity contribution in [1.82, 2.24) is 10.6 Å². The summed E-state index contributed by atoms with van der Waals surface area (Å²) in [5.41, 5.74) is 1.02. The number of hydrogen-bond acceptors (Lipinski definition) is 4. The Morgan fingerprint density at radius 2 is 2.04 bits per heavy atom. The van der Waals surface area contributed by atoms with E-state index in [1.807, 2.05) is 18.2 Å². The molecule has 1 aliphatic rings. The summed E-state index contributed by atoms with van der Waals surface area (Å²) < 4.78 is 16.4. The van der Waals surface area contributed by atoms with Gasteiger partial charge in [0, 0.05) is 38.9 Å². The second kappa shape index (κ2) is 10.0. The third-order valence-electron chi connectivity index (χ3n) is 3.96. The first kappa shape index (κ1) is 18.4. The first-order valence-electron chi connectivity index (χ1n) is 8.50. The van der Waals surface area contributed by atoms with Gasteiger partial charge in [-0.15, -0.1) is 0 Å². The Morgan fingerprint density at radius 1 is 1.21 bits per heavy atom. The molecule has 1 aromatic rings. The topological polar surface area (TPSA) is 64.1 Å². The number of nitrogens with one attached hydrogen (secondary N) is 2. The van der Waals surface area contributed by atoms with Gasteiger partial charge in [0.25, 0.3) is 0 Å². The molecule has 0 bridgehead atoms. The maximum Gasteiger partial charge on any atom is 0.191 e. The van der Waals surface area contributed by atoms with Crippen LogP contribution in [0, 0.1) is 5.92 Å². The van der Waals surface area contributed by atoms with Crippen LogP contribution in [0.2, 0.25) is 0 Å². The number of nitrogens with zero attached hydrogens (tertiary/aromatic N) is 1. The van der Waals surface area contributed by atoms with E-state index >= 15 is 0 Å². The molecular formula is C18H29N3O3.